The van der Waals surface area contributed by atoms with Gasteiger partial charge in [-0.25, -0.2) is 0 Å². The lowest BCUT2D eigenvalue weighted by molar-refractivity contribution is 0.0957. The zero-order valence-corrected chi connectivity index (χ0v) is 8.33. The Morgan fingerprint density at radius 2 is 2.21 bits per heavy atom. The maximum Gasteiger partial charge on any atom is 0.251 e. The molecule has 0 saturated heterocycles. The van der Waals surface area contributed by atoms with Gasteiger partial charge in [0.2, 0.25) is 0 Å². The van der Waals surface area contributed by atoms with Gasteiger partial charge < -0.3 is 5.32 Å². The van der Waals surface area contributed by atoms with Gasteiger partial charge in [0.05, 0.1) is 5.56 Å². The lowest BCUT2D eigenvalue weighted by Crippen LogP contribution is -2.19. The molecule has 3 heteroatoms. The van der Waals surface area contributed by atoms with E-state index in [4.69, 9.17) is 0 Å². The predicted octanol–water partition coefficient (Wildman–Crippen LogP) is 1.42. The van der Waals surface area contributed by atoms with Crippen LogP contribution in [0.1, 0.15) is 33.2 Å². The summed E-state index contributed by atoms with van der Waals surface area (Å²) in [5, 5.41) is 2.51. The summed E-state index contributed by atoms with van der Waals surface area (Å²) in [7, 11) is 1.55. The highest BCUT2D eigenvalue weighted by atomic mass is 16.1. The van der Waals surface area contributed by atoms with Crippen molar-refractivity contribution in [2.24, 2.45) is 0 Å². The van der Waals surface area contributed by atoms with Gasteiger partial charge in [0, 0.05) is 12.6 Å². The number of benzene rings is 1. The molecule has 0 aliphatic rings. The van der Waals surface area contributed by atoms with E-state index in [1.54, 1.807) is 19.2 Å². The van der Waals surface area contributed by atoms with Crippen molar-refractivity contribution in [1.82, 2.24) is 5.32 Å². The van der Waals surface area contributed by atoms with Gasteiger partial charge in [-0.05, 0) is 18.1 Å². The second-order valence-corrected chi connectivity index (χ2v) is 2.97. The minimum atomic E-state index is -0.220. The zero-order chi connectivity index (χ0) is 10.6. The highest BCUT2D eigenvalue weighted by Gasteiger charge is 2.09. The molecular weight excluding hydrogens is 178 g/mol. The fraction of sp³-hybridized carbons (Fsp3) is 0.273. The van der Waals surface area contributed by atoms with E-state index in [0.717, 1.165) is 12.0 Å². The Morgan fingerprint density at radius 1 is 1.50 bits per heavy atom. The van der Waals surface area contributed by atoms with Crippen molar-refractivity contribution in [3.05, 3.63) is 34.9 Å². The van der Waals surface area contributed by atoms with Crippen molar-refractivity contribution in [2.75, 3.05) is 7.05 Å². The molecule has 0 aliphatic carbocycles. The third kappa shape index (κ3) is 1.99. The number of aldehydes is 1. The molecule has 1 N–H and O–H groups in total. The van der Waals surface area contributed by atoms with Crippen LogP contribution in [0.15, 0.2) is 18.2 Å². The number of aryl methyl sites for hydroxylation is 1. The molecule has 1 rings (SSSR count). The molecular formula is C11H13NO2. The van der Waals surface area contributed by atoms with Crippen LogP contribution >= 0.6 is 0 Å². The van der Waals surface area contributed by atoms with Crippen LogP contribution in [0.3, 0.4) is 0 Å². The molecule has 1 amide bonds. The average Bonchev–Trinajstić information content (AvgIpc) is 2.27. The van der Waals surface area contributed by atoms with Gasteiger partial charge in [-0.2, -0.15) is 0 Å². The van der Waals surface area contributed by atoms with Crippen LogP contribution in [-0.4, -0.2) is 19.2 Å². The number of amides is 1. The van der Waals surface area contributed by atoms with Crippen molar-refractivity contribution in [3.8, 4) is 0 Å². The summed E-state index contributed by atoms with van der Waals surface area (Å²) in [6.45, 7) is 2.00. The topological polar surface area (TPSA) is 46.2 Å². The van der Waals surface area contributed by atoms with Gasteiger partial charge in [0.15, 0.2) is 6.29 Å². The molecule has 0 radical (unpaired) electrons. The number of carbonyl (C=O) groups is 2. The van der Waals surface area contributed by atoms with E-state index < -0.39 is 0 Å². The summed E-state index contributed by atoms with van der Waals surface area (Å²) in [6.07, 6.45) is 1.55. The molecule has 0 fully saturated rings. The minimum Gasteiger partial charge on any atom is -0.355 e. The minimum absolute atomic E-state index is 0.220. The van der Waals surface area contributed by atoms with Crippen molar-refractivity contribution in [1.29, 1.82) is 0 Å². The summed E-state index contributed by atoms with van der Waals surface area (Å²) < 4.78 is 0. The van der Waals surface area contributed by atoms with Crippen LogP contribution in [0.25, 0.3) is 0 Å². The molecule has 3 nitrogen and oxygen atoms in total. The van der Waals surface area contributed by atoms with Crippen molar-refractivity contribution >= 4 is 12.2 Å². The fourth-order valence-corrected chi connectivity index (χ4v) is 1.26. The van der Waals surface area contributed by atoms with Crippen molar-refractivity contribution in [3.63, 3.8) is 0 Å². The van der Waals surface area contributed by atoms with Gasteiger partial charge in [-0.1, -0.05) is 19.1 Å². The molecule has 0 atom stereocenters. The Morgan fingerprint density at radius 3 is 2.71 bits per heavy atom. The summed E-state index contributed by atoms with van der Waals surface area (Å²) in [4.78, 5) is 22.1. The van der Waals surface area contributed by atoms with E-state index in [2.05, 4.69) is 5.32 Å². The van der Waals surface area contributed by atoms with Gasteiger partial charge >= 0.3 is 0 Å². The number of hydrogen-bond acceptors (Lipinski definition) is 2. The predicted molar refractivity (Wildman–Crippen MR) is 54.6 cm³/mol. The standard InChI is InChI=1S/C11H13NO2/c1-3-8-4-5-9(7-13)10(6-8)11(14)12-2/h4-7H,3H2,1-2H3,(H,12,14). The second kappa shape index (κ2) is 4.56. The molecule has 0 aliphatic heterocycles. The van der Waals surface area contributed by atoms with E-state index in [1.165, 1.54) is 0 Å². The van der Waals surface area contributed by atoms with Crippen LogP contribution in [0, 0.1) is 0 Å². The maximum absolute atomic E-state index is 11.4. The fourth-order valence-electron chi connectivity index (χ4n) is 1.26. The van der Waals surface area contributed by atoms with E-state index in [9.17, 15) is 9.59 Å². The molecule has 0 bridgehead atoms. The number of nitrogens with one attached hydrogen (secondary N) is 1. The maximum atomic E-state index is 11.4. The molecule has 0 saturated carbocycles. The lowest BCUT2D eigenvalue weighted by Gasteiger charge is -2.05. The van der Waals surface area contributed by atoms with E-state index in [0.29, 0.717) is 17.4 Å². The van der Waals surface area contributed by atoms with E-state index >= 15 is 0 Å². The normalized spacial score (nSPS) is 9.57. The van der Waals surface area contributed by atoms with Gasteiger partial charge in [-0.3, -0.25) is 9.59 Å². The number of rotatable bonds is 3. The highest BCUT2D eigenvalue weighted by molar-refractivity contribution is 6.01. The van der Waals surface area contributed by atoms with Gasteiger partial charge in [0.1, 0.15) is 0 Å². The average molecular weight is 191 g/mol. The molecule has 0 spiro atoms. The van der Waals surface area contributed by atoms with Crippen LogP contribution in [0.4, 0.5) is 0 Å². The molecule has 74 valence electrons. The van der Waals surface area contributed by atoms with Crippen LogP contribution in [0.2, 0.25) is 0 Å². The van der Waals surface area contributed by atoms with Crippen LogP contribution in [0.5, 0.6) is 0 Å². The second-order valence-electron chi connectivity index (χ2n) is 2.97. The SMILES string of the molecule is CCc1ccc(C=O)c(C(=O)NC)c1. The Kier molecular flexibility index (Phi) is 3.40. The van der Waals surface area contributed by atoms with E-state index in [1.807, 2.05) is 13.0 Å². The quantitative estimate of drug-likeness (QED) is 0.734. The Labute approximate surface area is 83.1 Å². The first-order valence-electron chi connectivity index (χ1n) is 4.53. The van der Waals surface area contributed by atoms with Gasteiger partial charge in [0.25, 0.3) is 5.91 Å². The smallest absolute Gasteiger partial charge is 0.251 e. The molecule has 0 heterocycles. The highest BCUT2D eigenvalue weighted by Crippen LogP contribution is 2.10. The summed E-state index contributed by atoms with van der Waals surface area (Å²) in [5.41, 5.74) is 1.93. The number of carbonyl (C=O) groups excluding carboxylic acids is 2. The largest absolute Gasteiger partial charge is 0.355 e. The van der Waals surface area contributed by atoms with Crippen LogP contribution < -0.4 is 5.32 Å². The molecule has 0 aromatic heterocycles. The first-order valence-corrected chi connectivity index (χ1v) is 4.53. The summed E-state index contributed by atoms with van der Waals surface area (Å²) in [6, 6.07) is 5.29. The monoisotopic (exact) mass is 191 g/mol. The third-order valence-electron chi connectivity index (χ3n) is 2.12. The zero-order valence-electron chi connectivity index (χ0n) is 8.33. The molecule has 1 aromatic carbocycles. The van der Waals surface area contributed by atoms with E-state index in [-0.39, 0.29) is 5.91 Å². The summed E-state index contributed by atoms with van der Waals surface area (Å²) >= 11 is 0. The summed E-state index contributed by atoms with van der Waals surface area (Å²) in [5.74, 6) is -0.220. The third-order valence-corrected chi connectivity index (χ3v) is 2.12. The Balaban J connectivity index is 3.21. The first kappa shape index (κ1) is 10.4. The first-order chi connectivity index (χ1) is 6.72. The molecule has 1 aromatic rings. The Hall–Kier alpha value is -1.64. The Bertz CT molecular complexity index is 358. The van der Waals surface area contributed by atoms with Crippen LogP contribution in [-0.2, 0) is 6.42 Å². The van der Waals surface area contributed by atoms with Gasteiger partial charge in [-0.15, -0.1) is 0 Å². The lowest BCUT2D eigenvalue weighted by atomic mass is 10.0. The number of hydrogen-bond donors (Lipinski definition) is 1. The molecule has 0 unspecified atom stereocenters. The van der Waals surface area contributed by atoms with Crippen molar-refractivity contribution in [2.45, 2.75) is 13.3 Å². The molecule has 14 heavy (non-hydrogen) atoms. The van der Waals surface area contributed by atoms with Crippen molar-refractivity contribution < 1.29 is 9.59 Å².